The van der Waals surface area contributed by atoms with Gasteiger partial charge in [-0.05, 0) is 43.2 Å². The fraction of sp³-hybridized carbons (Fsp3) is 0.304. The Kier molecular flexibility index (Phi) is 6.61. The van der Waals surface area contributed by atoms with Crippen molar-refractivity contribution in [3.05, 3.63) is 70.1 Å². The highest BCUT2D eigenvalue weighted by Gasteiger charge is 2.19. The summed E-state index contributed by atoms with van der Waals surface area (Å²) >= 11 is 0. The van der Waals surface area contributed by atoms with Crippen molar-refractivity contribution in [2.75, 3.05) is 13.2 Å². The van der Waals surface area contributed by atoms with Crippen molar-refractivity contribution in [3.8, 4) is 5.75 Å². The van der Waals surface area contributed by atoms with Gasteiger partial charge in [-0.15, -0.1) is 0 Å². The molecule has 156 valence electrons. The summed E-state index contributed by atoms with van der Waals surface area (Å²) in [7, 11) is 0. The highest BCUT2D eigenvalue weighted by atomic mass is 16.5. The molecule has 0 unspecified atom stereocenters. The van der Waals surface area contributed by atoms with E-state index in [4.69, 9.17) is 9.47 Å². The van der Waals surface area contributed by atoms with E-state index in [1.54, 1.807) is 48.5 Å². The lowest BCUT2D eigenvalue weighted by atomic mass is 10.1. The first-order chi connectivity index (χ1) is 14.4. The second-order valence-corrected chi connectivity index (χ2v) is 7.23. The molecular formula is C23H24N2O5. The lowest BCUT2D eigenvalue weighted by molar-refractivity contribution is 0.0468. The van der Waals surface area contributed by atoms with Crippen LogP contribution in [0.4, 0.5) is 0 Å². The van der Waals surface area contributed by atoms with Gasteiger partial charge in [0.25, 0.3) is 5.56 Å². The number of carbonyl (C=O) groups is 2. The first-order valence-corrected chi connectivity index (χ1v) is 9.83. The number of ether oxygens (including phenoxy) is 2. The zero-order valence-corrected chi connectivity index (χ0v) is 17.3. The third kappa shape index (κ3) is 4.74. The number of fused-ring (bicyclic) bond motifs is 1. The molecule has 2 aromatic carbocycles. The van der Waals surface area contributed by atoms with E-state index in [0.717, 1.165) is 0 Å². The van der Waals surface area contributed by atoms with Crippen molar-refractivity contribution in [1.29, 1.82) is 0 Å². The Labute approximate surface area is 174 Å². The quantitative estimate of drug-likeness (QED) is 0.419. The molecule has 3 aromatic rings. The number of hydrogen-bond acceptors (Lipinski definition) is 6. The smallest absolute Gasteiger partial charge is 0.359 e. The molecule has 0 aliphatic rings. The van der Waals surface area contributed by atoms with Crippen LogP contribution in [0.25, 0.3) is 10.8 Å². The molecule has 7 nitrogen and oxygen atoms in total. The number of aromatic nitrogens is 2. The van der Waals surface area contributed by atoms with Crippen molar-refractivity contribution in [2.45, 2.75) is 27.3 Å². The van der Waals surface area contributed by atoms with Crippen molar-refractivity contribution < 1.29 is 19.1 Å². The standard InChI is InChI=1S/C23H24N2O5/c1-4-29-17-11-9-16(10-12-17)20(26)14-30-23(28)21-18-7-5-6-8-19(18)22(27)25(24-21)13-15(2)3/h5-12,15H,4,13-14H2,1-3H3. The number of esters is 1. The van der Waals surface area contributed by atoms with Crippen LogP contribution in [0.15, 0.2) is 53.3 Å². The average Bonchev–Trinajstić information content (AvgIpc) is 2.74. The summed E-state index contributed by atoms with van der Waals surface area (Å²) in [4.78, 5) is 37.7. The average molecular weight is 408 g/mol. The second-order valence-electron chi connectivity index (χ2n) is 7.23. The van der Waals surface area contributed by atoms with Gasteiger partial charge in [0.05, 0.1) is 12.0 Å². The molecule has 0 atom stereocenters. The van der Waals surface area contributed by atoms with Crippen LogP contribution in [0.3, 0.4) is 0 Å². The van der Waals surface area contributed by atoms with Crippen molar-refractivity contribution in [2.24, 2.45) is 5.92 Å². The molecule has 0 amide bonds. The van der Waals surface area contributed by atoms with Gasteiger partial charge in [-0.1, -0.05) is 32.0 Å². The molecule has 0 radical (unpaired) electrons. The van der Waals surface area contributed by atoms with E-state index in [1.165, 1.54) is 4.68 Å². The Bertz CT molecular complexity index is 1120. The minimum absolute atomic E-state index is 0.0188. The van der Waals surface area contributed by atoms with E-state index in [2.05, 4.69) is 5.10 Å². The van der Waals surface area contributed by atoms with E-state index in [0.29, 0.717) is 35.2 Å². The van der Waals surface area contributed by atoms with Crippen LogP contribution in [-0.4, -0.2) is 34.7 Å². The van der Waals surface area contributed by atoms with Crippen molar-refractivity contribution in [3.63, 3.8) is 0 Å². The molecule has 7 heteroatoms. The summed E-state index contributed by atoms with van der Waals surface area (Å²) in [6.45, 7) is 6.26. The van der Waals surface area contributed by atoms with Crippen LogP contribution in [0.2, 0.25) is 0 Å². The first-order valence-electron chi connectivity index (χ1n) is 9.83. The van der Waals surface area contributed by atoms with E-state index in [1.807, 2.05) is 20.8 Å². The summed E-state index contributed by atoms with van der Waals surface area (Å²) < 4.78 is 11.9. The monoisotopic (exact) mass is 408 g/mol. The Morgan fingerprint density at radius 3 is 2.33 bits per heavy atom. The van der Waals surface area contributed by atoms with Gasteiger partial charge in [0.2, 0.25) is 0 Å². The minimum Gasteiger partial charge on any atom is -0.494 e. The fourth-order valence-electron chi connectivity index (χ4n) is 3.04. The van der Waals surface area contributed by atoms with Crippen LogP contribution in [-0.2, 0) is 11.3 Å². The Morgan fingerprint density at radius 1 is 1.03 bits per heavy atom. The molecule has 30 heavy (non-hydrogen) atoms. The van der Waals surface area contributed by atoms with E-state index in [9.17, 15) is 14.4 Å². The molecule has 0 aliphatic carbocycles. The van der Waals surface area contributed by atoms with E-state index >= 15 is 0 Å². The molecule has 1 heterocycles. The predicted octanol–water partition coefficient (Wildman–Crippen LogP) is 3.49. The van der Waals surface area contributed by atoms with Crippen LogP contribution in [0.5, 0.6) is 5.75 Å². The summed E-state index contributed by atoms with van der Waals surface area (Å²) in [6, 6.07) is 13.4. The maximum atomic E-state index is 12.7. The lowest BCUT2D eigenvalue weighted by Crippen LogP contribution is -2.28. The SMILES string of the molecule is CCOc1ccc(C(=O)COC(=O)c2nn(CC(C)C)c(=O)c3ccccc23)cc1. The van der Waals surface area contributed by atoms with Gasteiger partial charge in [0.15, 0.2) is 18.1 Å². The number of Topliss-reactive ketones (excluding diaryl/α,β-unsaturated/α-hetero) is 1. The molecule has 0 aliphatic heterocycles. The summed E-state index contributed by atoms with van der Waals surface area (Å²) in [5.74, 6) is -0.259. The van der Waals surface area contributed by atoms with Gasteiger partial charge in [0.1, 0.15) is 5.75 Å². The van der Waals surface area contributed by atoms with Gasteiger partial charge in [0, 0.05) is 17.5 Å². The molecule has 0 bridgehead atoms. The van der Waals surface area contributed by atoms with Gasteiger partial charge in [-0.3, -0.25) is 9.59 Å². The van der Waals surface area contributed by atoms with Crippen LogP contribution in [0, 0.1) is 5.92 Å². The molecule has 0 fully saturated rings. The topological polar surface area (TPSA) is 87.5 Å². The first kappa shape index (κ1) is 21.2. The molecule has 0 saturated heterocycles. The third-order valence-electron chi connectivity index (χ3n) is 4.42. The molecule has 3 rings (SSSR count). The highest BCUT2D eigenvalue weighted by Crippen LogP contribution is 2.16. The minimum atomic E-state index is -0.747. The van der Waals surface area contributed by atoms with E-state index in [-0.39, 0.29) is 23.0 Å². The Balaban J connectivity index is 1.81. The number of rotatable bonds is 8. The largest absolute Gasteiger partial charge is 0.494 e. The van der Waals surface area contributed by atoms with Crippen LogP contribution < -0.4 is 10.3 Å². The maximum Gasteiger partial charge on any atom is 0.359 e. The van der Waals surface area contributed by atoms with Crippen molar-refractivity contribution >= 4 is 22.5 Å². The second kappa shape index (κ2) is 9.35. The molecule has 0 spiro atoms. The number of nitrogens with zero attached hydrogens (tertiary/aromatic N) is 2. The zero-order chi connectivity index (χ0) is 21.7. The zero-order valence-electron chi connectivity index (χ0n) is 17.3. The number of ketones is 1. The maximum absolute atomic E-state index is 12.7. The van der Waals surface area contributed by atoms with Gasteiger partial charge < -0.3 is 9.47 Å². The van der Waals surface area contributed by atoms with Gasteiger partial charge >= 0.3 is 5.97 Å². The van der Waals surface area contributed by atoms with Gasteiger partial charge in [-0.2, -0.15) is 5.10 Å². The van der Waals surface area contributed by atoms with Crippen LogP contribution >= 0.6 is 0 Å². The lowest BCUT2D eigenvalue weighted by Gasteiger charge is -2.12. The normalized spacial score (nSPS) is 10.9. The number of carbonyl (C=O) groups excluding carboxylic acids is 2. The van der Waals surface area contributed by atoms with E-state index < -0.39 is 12.6 Å². The Hall–Kier alpha value is -3.48. The summed E-state index contributed by atoms with van der Waals surface area (Å²) in [5, 5.41) is 5.02. The molecular weight excluding hydrogens is 384 g/mol. The Morgan fingerprint density at radius 2 is 1.70 bits per heavy atom. The molecule has 0 saturated carbocycles. The van der Waals surface area contributed by atoms with Crippen molar-refractivity contribution in [1.82, 2.24) is 9.78 Å². The summed E-state index contributed by atoms with van der Waals surface area (Å²) in [5.41, 5.74) is 0.167. The highest BCUT2D eigenvalue weighted by molar-refractivity contribution is 6.04. The number of hydrogen-bond donors (Lipinski definition) is 0. The molecule has 0 N–H and O–H groups in total. The third-order valence-corrected chi connectivity index (χ3v) is 4.42. The number of benzene rings is 2. The fourth-order valence-corrected chi connectivity index (χ4v) is 3.04. The van der Waals surface area contributed by atoms with Crippen LogP contribution in [0.1, 0.15) is 41.6 Å². The van der Waals surface area contributed by atoms with Gasteiger partial charge in [-0.25, -0.2) is 9.48 Å². The molecule has 1 aromatic heterocycles. The summed E-state index contributed by atoms with van der Waals surface area (Å²) in [6.07, 6.45) is 0. The predicted molar refractivity (Wildman–Crippen MR) is 113 cm³/mol.